The van der Waals surface area contributed by atoms with Crippen molar-refractivity contribution in [3.8, 4) is 5.69 Å². The fourth-order valence-corrected chi connectivity index (χ4v) is 8.44. The highest BCUT2D eigenvalue weighted by Crippen LogP contribution is 2.42. The Morgan fingerprint density at radius 3 is 2.00 bits per heavy atom. The van der Waals surface area contributed by atoms with Crippen LogP contribution >= 0.6 is 0 Å². The van der Waals surface area contributed by atoms with E-state index in [1.807, 2.05) is 0 Å². The molecular formula is C44H37BN2O. The number of fused-ring (bicyclic) bond motifs is 12. The highest BCUT2D eigenvalue weighted by atomic mass is 16.3. The molecule has 4 heteroatoms. The molecule has 0 saturated heterocycles. The molecule has 0 unspecified atom stereocenters. The van der Waals surface area contributed by atoms with Gasteiger partial charge in [-0.15, -0.1) is 0 Å². The van der Waals surface area contributed by atoms with Crippen molar-refractivity contribution in [2.75, 3.05) is 0 Å². The molecule has 0 spiro atoms. The van der Waals surface area contributed by atoms with E-state index in [0.29, 0.717) is 0 Å². The number of benzene rings is 6. The largest absolute Gasteiger partial charge is 0.454 e. The molecule has 0 bridgehead atoms. The minimum absolute atomic E-state index is 0.0326. The minimum atomic E-state index is -0.0638. The Kier molecular flexibility index (Phi) is 5.36. The molecular weight excluding hydrogens is 583 g/mol. The summed E-state index contributed by atoms with van der Waals surface area (Å²) in [5, 5.41) is 7.43. The second kappa shape index (κ2) is 9.23. The van der Waals surface area contributed by atoms with Gasteiger partial charge in [-0.2, -0.15) is 0 Å². The van der Waals surface area contributed by atoms with Gasteiger partial charge in [0.15, 0.2) is 5.58 Å². The Labute approximate surface area is 280 Å². The Bertz CT molecular complexity index is 2810. The first-order chi connectivity index (χ1) is 23.1. The summed E-state index contributed by atoms with van der Waals surface area (Å²) in [4.78, 5) is 0. The van der Waals surface area contributed by atoms with Crippen molar-refractivity contribution in [1.29, 1.82) is 0 Å². The first-order valence-corrected chi connectivity index (χ1v) is 17.1. The third kappa shape index (κ3) is 3.61. The van der Waals surface area contributed by atoms with Gasteiger partial charge in [-0.05, 0) is 75.3 Å². The van der Waals surface area contributed by atoms with Crippen LogP contribution in [0.3, 0.4) is 0 Å². The molecule has 3 nitrogen and oxygen atoms in total. The van der Waals surface area contributed by atoms with Gasteiger partial charge in [-0.3, -0.25) is 0 Å². The van der Waals surface area contributed by atoms with Crippen molar-refractivity contribution >= 4 is 83.3 Å². The first-order valence-electron chi connectivity index (χ1n) is 17.1. The zero-order chi connectivity index (χ0) is 32.7. The second-order valence-electron chi connectivity index (χ2n) is 15.8. The maximum Gasteiger partial charge on any atom is 0.332 e. The molecule has 10 rings (SSSR count). The van der Waals surface area contributed by atoms with Gasteiger partial charge in [0.2, 0.25) is 0 Å². The van der Waals surface area contributed by atoms with Crippen LogP contribution in [-0.4, -0.2) is 15.9 Å². The highest BCUT2D eigenvalue weighted by Gasteiger charge is 2.38. The minimum Gasteiger partial charge on any atom is -0.454 e. The summed E-state index contributed by atoms with van der Waals surface area (Å²) >= 11 is 0. The van der Waals surface area contributed by atoms with Gasteiger partial charge in [0, 0.05) is 43.5 Å². The number of rotatable bonds is 1. The number of nitrogens with zero attached hydrogens (tertiary/aromatic N) is 2. The molecule has 0 fully saturated rings. The number of aromatic nitrogens is 2. The van der Waals surface area contributed by atoms with E-state index in [1.54, 1.807) is 0 Å². The van der Waals surface area contributed by atoms with Crippen LogP contribution in [0.4, 0.5) is 0 Å². The van der Waals surface area contributed by atoms with E-state index in [1.165, 1.54) is 65.8 Å². The summed E-state index contributed by atoms with van der Waals surface area (Å²) in [5.74, 6) is 0. The summed E-state index contributed by atoms with van der Waals surface area (Å²) in [6.45, 7) is 13.9. The molecule has 9 aromatic rings. The van der Waals surface area contributed by atoms with Crippen LogP contribution in [0.1, 0.15) is 52.7 Å². The zero-order valence-corrected chi connectivity index (χ0v) is 28.3. The van der Waals surface area contributed by atoms with Gasteiger partial charge in [-0.1, -0.05) is 114 Å². The second-order valence-corrected chi connectivity index (χ2v) is 15.8. The number of para-hydroxylation sites is 3. The average molecular weight is 621 g/mol. The van der Waals surface area contributed by atoms with Crippen LogP contribution in [0.5, 0.6) is 0 Å². The van der Waals surface area contributed by atoms with E-state index < -0.39 is 0 Å². The van der Waals surface area contributed by atoms with Crippen molar-refractivity contribution in [1.82, 2.24) is 9.05 Å². The fourth-order valence-electron chi connectivity index (χ4n) is 8.44. The van der Waals surface area contributed by atoms with E-state index in [-0.39, 0.29) is 17.7 Å². The topological polar surface area (TPSA) is 23.0 Å². The van der Waals surface area contributed by atoms with Gasteiger partial charge in [-0.25, -0.2) is 0 Å². The predicted octanol–water partition coefficient (Wildman–Crippen LogP) is 10.4. The maximum absolute atomic E-state index is 6.80. The maximum atomic E-state index is 6.80. The Morgan fingerprint density at radius 1 is 0.500 bits per heavy atom. The van der Waals surface area contributed by atoms with Crippen molar-refractivity contribution in [2.45, 2.75) is 52.4 Å². The van der Waals surface area contributed by atoms with Crippen molar-refractivity contribution < 1.29 is 4.42 Å². The van der Waals surface area contributed by atoms with Crippen LogP contribution in [0.15, 0.2) is 120 Å². The molecule has 0 N–H and O–H groups in total. The third-order valence-electron chi connectivity index (χ3n) is 10.9. The van der Waals surface area contributed by atoms with E-state index in [2.05, 4.69) is 166 Å². The van der Waals surface area contributed by atoms with Crippen LogP contribution in [0, 0.1) is 0 Å². The molecule has 1 aliphatic heterocycles. The lowest BCUT2D eigenvalue weighted by atomic mass is 9.47. The molecule has 0 atom stereocenters. The lowest BCUT2D eigenvalue weighted by Gasteiger charge is -2.30. The van der Waals surface area contributed by atoms with Crippen LogP contribution in [0.25, 0.3) is 71.2 Å². The number of hydrogen-bond acceptors (Lipinski definition) is 1. The molecule has 6 aromatic carbocycles. The smallest absolute Gasteiger partial charge is 0.332 e. The normalized spacial score (nSPS) is 13.6. The molecule has 0 radical (unpaired) electrons. The molecule has 0 saturated carbocycles. The first kappa shape index (κ1) is 27.9. The standard InChI is InChI=1S/C44H37BN2O/c1-43(2,3)26-19-22-36-32(23-26)33-24-27(44(4,5)6)25-35-40(33)46(36)38-17-11-9-15-34(38)45(35)47-37-16-10-7-13-28(37)30-20-21-31-29-14-8-12-18-39(29)48-42(31)41(30)47/h7-25H,1-6H3. The SMILES string of the molecule is CC(C)(C)c1ccc2c(c1)c1cc(C(C)(C)C)cc3c1n2-c1ccccc1B3n1c2ccccc2c2ccc3c4ccccc4oc3c21. The molecule has 3 aromatic heterocycles. The van der Waals surface area contributed by atoms with Crippen LogP contribution in [-0.2, 0) is 10.8 Å². The predicted molar refractivity (Wildman–Crippen MR) is 205 cm³/mol. The van der Waals surface area contributed by atoms with E-state index in [4.69, 9.17) is 4.42 Å². The quantitative estimate of drug-likeness (QED) is 0.168. The van der Waals surface area contributed by atoms with E-state index in [0.717, 1.165) is 27.5 Å². The van der Waals surface area contributed by atoms with Crippen molar-refractivity contribution in [3.63, 3.8) is 0 Å². The molecule has 232 valence electrons. The van der Waals surface area contributed by atoms with E-state index >= 15 is 0 Å². The average Bonchev–Trinajstić information content (AvgIpc) is 3.72. The fraction of sp³-hybridized carbons (Fsp3) is 0.182. The summed E-state index contributed by atoms with van der Waals surface area (Å²) < 4.78 is 11.9. The molecule has 4 heterocycles. The summed E-state index contributed by atoms with van der Waals surface area (Å²) in [6.07, 6.45) is 0. The van der Waals surface area contributed by atoms with E-state index in [9.17, 15) is 0 Å². The Morgan fingerprint density at radius 2 is 1.19 bits per heavy atom. The number of furan rings is 1. The van der Waals surface area contributed by atoms with Gasteiger partial charge >= 0.3 is 6.85 Å². The van der Waals surface area contributed by atoms with Gasteiger partial charge in [0.05, 0.1) is 16.6 Å². The van der Waals surface area contributed by atoms with Gasteiger partial charge in [0.1, 0.15) is 5.58 Å². The zero-order valence-electron chi connectivity index (χ0n) is 28.3. The molecule has 0 amide bonds. The Hall–Kier alpha value is -5.22. The highest BCUT2D eigenvalue weighted by molar-refractivity contribution is 6.88. The third-order valence-corrected chi connectivity index (χ3v) is 10.9. The Balaban J connectivity index is 1.43. The van der Waals surface area contributed by atoms with Crippen LogP contribution < -0.4 is 10.9 Å². The van der Waals surface area contributed by atoms with Gasteiger partial charge < -0.3 is 13.5 Å². The van der Waals surface area contributed by atoms with Crippen molar-refractivity contribution in [2.24, 2.45) is 0 Å². The van der Waals surface area contributed by atoms with Gasteiger partial charge in [0.25, 0.3) is 0 Å². The molecule has 1 aliphatic rings. The lowest BCUT2D eigenvalue weighted by Crippen LogP contribution is -2.53. The van der Waals surface area contributed by atoms with Crippen molar-refractivity contribution in [3.05, 3.63) is 126 Å². The summed E-state index contributed by atoms with van der Waals surface area (Å²) in [5.41, 5.74) is 13.4. The molecule has 0 aliphatic carbocycles. The summed E-state index contributed by atoms with van der Waals surface area (Å²) in [7, 11) is 0. The summed E-state index contributed by atoms with van der Waals surface area (Å²) in [6, 6.07) is 43.0. The molecule has 48 heavy (non-hydrogen) atoms. The van der Waals surface area contributed by atoms with Crippen LogP contribution in [0.2, 0.25) is 0 Å². The lowest BCUT2D eigenvalue weighted by molar-refractivity contribution is 0.590. The number of hydrogen-bond donors (Lipinski definition) is 0. The monoisotopic (exact) mass is 620 g/mol.